The van der Waals surface area contributed by atoms with Crippen LogP contribution < -0.4 is 10.5 Å². The maximum absolute atomic E-state index is 12.0. The average Bonchev–Trinajstić information content (AvgIpc) is 2.38. The summed E-state index contributed by atoms with van der Waals surface area (Å²) in [6.45, 7) is 5.03. The standard InChI is InChI=1S/C13H15N5O/c1-8-3-5-14-13(15-8)18-6-4-11-10(7-18)12(19)17-9(2)16-11/h3,5H,4,6-7H2,1-2H3,(H,16,17,19). The van der Waals surface area contributed by atoms with Gasteiger partial charge < -0.3 is 9.88 Å². The van der Waals surface area contributed by atoms with Gasteiger partial charge in [-0.3, -0.25) is 4.79 Å². The van der Waals surface area contributed by atoms with Gasteiger partial charge in [0.25, 0.3) is 5.56 Å². The van der Waals surface area contributed by atoms with E-state index in [0.29, 0.717) is 18.3 Å². The summed E-state index contributed by atoms with van der Waals surface area (Å²) in [5.41, 5.74) is 2.48. The second kappa shape index (κ2) is 4.46. The van der Waals surface area contributed by atoms with Gasteiger partial charge in [-0.1, -0.05) is 0 Å². The molecule has 0 unspecified atom stereocenters. The molecule has 3 rings (SSSR count). The van der Waals surface area contributed by atoms with E-state index in [9.17, 15) is 4.79 Å². The lowest BCUT2D eigenvalue weighted by Crippen LogP contribution is -2.36. The van der Waals surface area contributed by atoms with E-state index in [2.05, 4.69) is 19.9 Å². The normalized spacial score (nSPS) is 14.3. The van der Waals surface area contributed by atoms with Crippen LogP contribution in [0.5, 0.6) is 0 Å². The fourth-order valence-electron chi connectivity index (χ4n) is 2.31. The number of hydrogen-bond donors (Lipinski definition) is 1. The number of aryl methyl sites for hydroxylation is 2. The Bertz CT molecular complexity index is 679. The van der Waals surface area contributed by atoms with Crippen LogP contribution >= 0.6 is 0 Å². The first-order valence-corrected chi connectivity index (χ1v) is 6.27. The number of hydrogen-bond acceptors (Lipinski definition) is 5. The largest absolute Gasteiger partial charge is 0.336 e. The Kier molecular flexibility index (Phi) is 2.77. The second-order valence-corrected chi connectivity index (χ2v) is 4.75. The average molecular weight is 257 g/mol. The number of fused-ring (bicyclic) bond motifs is 1. The first kappa shape index (κ1) is 11.8. The molecular weight excluding hydrogens is 242 g/mol. The maximum Gasteiger partial charge on any atom is 0.256 e. The molecule has 98 valence electrons. The molecule has 0 aliphatic carbocycles. The van der Waals surface area contributed by atoms with E-state index in [1.54, 1.807) is 13.1 Å². The SMILES string of the molecule is Cc1ccnc(N2CCc3nc(C)[nH]c(=O)c3C2)n1. The lowest BCUT2D eigenvalue weighted by molar-refractivity contribution is 0.672. The maximum atomic E-state index is 12.0. The van der Waals surface area contributed by atoms with Crippen molar-refractivity contribution < 1.29 is 0 Å². The van der Waals surface area contributed by atoms with E-state index in [1.807, 2.05) is 17.9 Å². The Hall–Kier alpha value is -2.24. The number of rotatable bonds is 1. The summed E-state index contributed by atoms with van der Waals surface area (Å²) in [4.78, 5) is 29.8. The summed E-state index contributed by atoms with van der Waals surface area (Å²) in [7, 11) is 0. The Morgan fingerprint density at radius 3 is 2.95 bits per heavy atom. The van der Waals surface area contributed by atoms with E-state index in [4.69, 9.17) is 0 Å². The molecule has 3 heterocycles. The molecule has 0 aromatic carbocycles. The van der Waals surface area contributed by atoms with Crippen molar-refractivity contribution in [2.75, 3.05) is 11.4 Å². The molecule has 1 N–H and O–H groups in total. The summed E-state index contributed by atoms with van der Waals surface area (Å²) in [6.07, 6.45) is 2.49. The Balaban J connectivity index is 1.96. The minimum absolute atomic E-state index is 0.0557. The molecule has 0 amide bonds. The lowest BCUT2D eigenvalue weighted by Gasteiger charge is -2.27. The molecule has 0 fully saturated rings. The predicted molar refractivity (Wildman–Crippen MR) is 71.1 cm³/mol. The molecule has 0 atom stereocenters. The monoisotopic (exact) mass is 257 g/mol. The molecule has 19 heavy (non-hydrogen) atoms. The van der Waals surface area contributed by atoms with Crippen molar-refractivity contribution in [3.05, 3.63) is 45.4 Å². The molecular formula is C13H15N5O. The summed E-state index contributed by atoms with van der Waals surface area (Å²) >= 11 is 0. The molecule has 1 aliphatic heterocycles. The highest BCUT2D eigenvalue weighted by Gasteiger charge is 2.22. The van der Waals surface area contributed by atoms with E-state index in [0.717, 1.165) is 29.9 Å². The number of aromatic amines is 1. The van der Waals surface area contributed by atoms with Crippen molar-refractivity contribution in [1.82, 2.24) is 19.9 Å². The van der Waals surface area contributed by atoms with Gasteiger partial charge in [-0.15, -0.1) is 0 Å². The fraction of sp³-hybridized carbons (Fsp3) is 0.385. The van der Waals surface area contributed by atoms with Gasteiger partial charge in [0.05, 0.1) is 17.8 Å². The third-order valence-corrected chi connectivity index (χ3v) is 3.25. The van der Waals surface area contributed by atoms with E-state index < -0.39 is 0 Å². The number of anilines is 1. The van der Waals surface area contributed by atoms with Crippen molar-refractivity contribution in [2.45, 2.75) is 26.8 Å². The molecule has 6 heteroatoms. The van der Waals surface area contributed by atoms with E-state index >= 15 is 0 Å². The van der Waals surface area contributed by atoms with Crippen molar-refractivity contribution in [1.29, 1.82) is 0 Å². The zero-order chi connectivity index (χ0) is 13.4. The zero-order valence-electron chi connectivity index (χ0n) is 11.0. The van der Waals surface area contributed by atoms with Gasteiger partial charge in [-0.05, 0) is 19.9 Å². The van der Waals surface area contributed by atoms with Crippen LogP contribution in [0.3, 0.4) is 0 Å². The van der Waals surface area contributed by atoms with Crippen LogP contribution in [-0.2, 0) is 13.0 Å². The Morgan fingerprint density at radius 2 is 2.16 bits per heavy atom. The number of nitrogens with one attached hydrogen (secondary N) is 1. The zero-order valence-corrected chi connectivity index (χ0v) is 11.0. The van der Waals surface area contributed by atoms with Crippen LogP contribution in [-0.4, -0.2) is 26.5 Å². The molecule has 0 bridgehead atoms. The first-order valence-electron chi connectivity index (χ1n) is 6.27. The van der Waals surface area contributed by atoms with Crippen LogP contribution in [0.2, 0.25) is 0 Å². The van der Waals surface area contributed by atoms with Crippen molar-refractivity contribution in [3.8, 4) is 0 Å². The van der Waals surface area contributed by atoms with Crippen LogP contribution in [0.15, 0.2) is 17.1 Å². The number of aromatic nitrogens is 4. The van der Waals surface area contributed by atoms with Gasteiger partial charge in [-0.25, -0.2) is 15.0 Å². The van der Waals surface area contributed by atoms with Crippen molar-refractivity contribution in [2.24, 2.45) is 0 Å². The van der Waals surface area contributed by atoms with Crippen LogP contribution in [0.25, 0.3) is 0 Å². The van der Waals surface area contributed by atoms with Gasteiger partial charge >= 0.3 is 0 Å². The third-order valence-electron chi connectivity index (χ3n) is 3.25. The minimum atomic E-state index is -0.0557. The van der Waals surface area contributed by atoms with E-state index in [-0.39, 0.29) is 5.56 Å². The predicted octanol–water partition coefficient (Wildman–Crippen LogP) is 0.739. The van der Waals surface area contributed by atoms with Crippen LogP contribution in [0, 0.1) is 13.8 Å². The number of H-pyrrole nitrogens is 1. The molecule has 0 spiro atoms. The highest BCUT2D eigenvalue weighted by Crippen LogP contribution is 2.18. The highest BCUT2D eigenvalue weighted by molar-refractivity contribution is 5.36. The smallest absolute Gasteiger partial charge is 0.256 e. The van der Waals surface area contributed by atoms with Gasteiger partial charge in [0.2, 0.25) is 5.95 Å². The number of nitrogens with zero attached hydrogens (tertiary/aromatic N) is 4. The van der Waals surface area contributed by atoms with Crippen molar-refractivity contribution >= 4 is 5.95 Å². The summed E-state index contributed by atoms with van der Waals surface area (Å²) < 4.78 is 0. The van der Waals surface area contributed by atoms with Gasteiger partial charge in [-0.2, -0.15) is 0 Å². The summed E-state index contributed by atoms with van der Waals surface area (Å²) in [5, 5.41) is 0. The highest BCUT2D eigenvalue weighted by atomic mass is 16.1. The van der Waals surface area contributed by atoms with Crippen LogP contribution in [0.4, 0.5) is 5.95 Å². The lowest BCUT2D eigenvalue weighted by atomic mass is 10.1. The molecule has 2 aromatic rings. The van der Waals surface area contributed by atoms with Gasteiger partial charge in [0.15, 0.2) is 0 Å². The Labute approximate surface area is 110 Å². The molecule has 0 radical (unpaired) electrons. The minimum Gasteiger partial charge on any atom is -0.336 e. The third kappa shape index (κ3) is 2.21. The summed E-state index contributed by atoms with van der Waals surface area (Å²) in [5.74, 6) is 1.34. The molecule has 2 aromatic heterocycles. The Morgan fingerprint density at radius 1 is 1.32 bits per heavy atom. The van der Waals surface area contributed by atoms with Crippen molar-refractivity contribution in [3.63, 3.8) is 0 Å². The molecule has 6 nitrogen and oxygen atoms in total. The van der Waals surface area contributed by atoms with Gasteiger partial charge in [0, 0.05) is 24.9 Å². The molecule has 0 saturated heterocycles. The molecule has 1 aliphatic rings. The quantitative estimate of drug-likeness (QED) is 0.815. The second-order valence-electron chi connectivity index (χ2n) is 4.75. The topological polar surface area (TPSA) is 74.8 Å². The van der Waals surface area contributed by atoms with E-state index in [1.165, 1.54) is 0 Å². The fourth-order valence-corrected chi connectivity index (χ4v) is 2.31. The first-order chi connectivity index (χ1) is 9.13. The van der Waals surface area contributed by atoms with Gasteiger partial charge in [0.1, 0.15) is 5.82 Å². The van der Waals surface area contributed by atoms with Crippen LogP contribution in [0.1, 0.15) is 22.8 Å². The summed E-state index contributed by atoms with van der Waals surface area (Å²) in [6, 6.07) is 1.86. The molecule has 0 saturated carbocycles.